The predicted octanol–water partition coefficient (Wildman–Crippen LogP) is 0.859. The van der Waals surface area contributed by atoms with Crippen molar-refractivity contribution < 1.29 is 8.42 Å². The molecule has 0 aromatic carbocycles. The number of sulfone groups is 1. The van der Waals surface area contributed by atoms with E-state index in [2.05, 4.69) is 0 Å². The Balaban J connectivity index is 2.38. The van der Waals surface area contributed by atoms with E-state index < -0.39 is 9.84 Å². The summed E-state index contributed by atoms with van der Waals surface area (Å²) in [6, 6.07) is 0.264. The summed E-state index contributed by atoms with van der Waals surface area (Å²) < 4.78 is 22.6. The van der Waals surface area contributed by atoms with Crippen LogP contribution >= 0.6 is 0 Å². The highest BCUT2D eigenvalue weighted by Gasteiger charge is 2.19. The van der Waals surface area contributed by atoms with Crippen LogP contribution in [0.4, 0.5) is 0 Å². The van der Waals surface area contributed by atoms with Gasteiger partial charge in [0, 0.05) is 6.04 Å². The molecule has 0 aromatic rings. The number of rotatable bonds is 4. The Hall–Kier alpha value is -0.350. The molecule has 1 aliphatic carbocycles. The van der Waals surface area contributed by atoms with Gasteiger partial charge in [-0.3, -0.25) is 0 Å². The maximum absolute atomic E-state index is 11.3. The second kappa shape index (κ2) is 4.24. The maximum Gasteiger partial charge on any atom is 0.153 e. The Kier molecular flexibility index (Phi) is 3.50. The van der Waals surface area contributed by atoms with Gasteiger partial charge in [0.2, 0.25) is 0 Å². The molecule has 76 valence electrons. The zero-order valence-electron chi connectivity index (χ0n) is 7.99. The molecule has 0 saturated heterocycles. The third kappa shape index (κ3) is 3.48. The molecule has 0 atom stereocenters. The molecule has 13 heavy (non-hydrogen) atoms. The first kappa shape index (κ1) is 10.7. The quantitative estimate of drug-likeness (QED) is 0.689. The predicted molar refractivity (Wildman–Crippen MR) is 54.2 cm³/mol. The van der Waals surface area contributed by atoms with Crippen molar-refractivity contribution in [3.8, 4) is 0 Å². The molecule has 1 rings (SSSR count). The monoisotopic (exact) mass is 203 g/mol. The lowest BCUT2D eigenvalue weighted by Crippen LogP contribution is -2.30. The fourth-order valence-corrected chi connectivity index (χ4v) is 2.70. The van der Waals surface area contributed by atoms with Gasteiger partial charge in [-0.25, -0.2) is 8.42 Å². The zero-order chi connectivity index (χ0) is 9.90. The van der Waals surface area contributed by atoms with Gasteiger partial charge < -0.3 is 5.73 Å². The fourth-order valence-electron chi connectivity index (χ4n) is 1.42. The summed E-state index contributed by atoms with van der Waals surface area (Å²) in [7, 11) is -2.84. The van der Waals surface area contributed by atoms with Crippen molar-refractivity contribution in [2.75, 3.05) is 11.5 Å². The topological polar surface area (TPSA) is 60.2 Å². The lowest BCUT2D eigenvalue weighted by atomic mass is 9.87. The van der Waals surface area contributed by atoms with Crippen molar-refractivity contribution in [3.63, 3.8) is 0 Å². The van der Waals surface area contributed by atoms with Crippen LogP contribution in [0.15, 0.2) is 11.6 Å². The Bertz CT molecular complexity index is 285. The first-order chi connectivity index (χ1) is 6.03. The van der Waals surface area contributed by atoms with Crippen LogP contribution in [-0.4, -0.2) is 26.0 Å². The van der Waals surface area contributed by atoms with Gasteiger partial charge in [-0.2, -0.15) is 0 Å². The van der Waals surface area contributed by atoms with Crippen LogP contribution in [0.5, 0.6) is 0 Å². The molecular formula is C9H17NO2S. The standard InChI is InChI=1S/C9H17NO2S/c1-2-4-13(11,12)5-3-8-6-9(10)7-8/h3,9H,2,4-7,10H2,1H3. The number of nitrogens with two attached hydrogens (primary N) is 1. The molecule has 3 nitrogen and oxygen atoms in total. The molecule has 0 unspecified atom stereocenters. The molecule has 1 aliphatic rings. The van der Waals surface area contributed by atoms with E-state index in [4.69, 9.17) is 5.73 Å². The van der Waals surface area contributed by atoms with Crippen LogP contribution in [0, 0.1) is 0 Å². The fraction of sp³-hybridized carbons (Fsp3) is 0.778. The molecule has 2 N–H and O–H groups in total. The lowest BCUT2D eigenvalue weighted by Gasteiger charge is -2.25. The molecular weight excluding hydrogens is 186 g/mol. The van der Waals surface area contributed by atoms with Gasteiger partial charge in [-0.15, -0.1) is 0 Å². The Labute approximate surface area is 79.9 Å². The first-order valence-corrected chi connectivity index (χ1v) is 6.49. The highest BCUT2D eigenvalue weighted by atomic mass is 32.2. The minimum Gasteiger partial charge on any atom is -0.327 e. The highest BCUT2D eigenvalue weighted by Crippen LogP contribution is 2.24. The van der Waals surface area contributed by atoms with Crippen molar-refractivity contribution in [1.29, 1.82) is 0 Å². The Morgan fingerprint density at radius 2 is 2.15 bits per heavy atom. The second-order valence-electron chi connectivity index (χ2n) is 3.65. The van der Waals surface area contributed by atoms with E-state index in [1.54, 1.807) is 0 Å². The van der Waals surface area contributed by atoms with Crippen LogP contribution in [0.25, 0.3) is 0 Å². The Morgan fingerprint density at radius 1 is 1.54 bits per heavy atom. The summed E-state index contributed by atoms with van der Waals surface area (Å²) in [5, 5.41) is 0. The van der Waals surface area contributed by atoms with Gasteiger partial charge in [0.1, 0.15) is 0 Å². The van der Waals surface area contributed by atoms with Crippen LogP contribution < -0.4 is 5.73 Å². The van der Waals surface area contributed by atoms with Gasteiger partial charge in [0.25, 0.3) is 0 Å². The summed E-state index contributed by atoms with van der Waals surface area (Å²) in [6.07, 6.45) is 4.28. The van der Waals surface area contributed by atoms with E-state index in [1.807, 2.05) is 13.0 Å². The van der Waals surface area contributed by atoms with Crippen molar-refractivity contribution in [3.05, 3.63) is 11.6 Å². The van der Waals surface area contributed by atoms with Gasteiger partial charge in [0.15, 0.2) is 9.84 Å². The molecule has 0 amide bonds. The summed E-state index contributed by atoms with van der Waals surface area (Å²) >= 11 is 0. The summed E-state index contributed by atoms with van der Waals surface area (Å²) in [5.74, 6) is 0.492. The minimum atomic E-state index is -2.84. The largest absolute Gasteiger partial charge is 0.327 e. The van der Waals surface area contributed by atoms with Crippen LogP contribution in [0.1, 0.15) is 26.2 Å². The van der Waals surface area contributed by atoms with E-state index >= 15 is 0 Å². The molecule has 0 aromatic heterocycles. The summed E-state index contributed by atoms with van der Waals surface area (Å²) in [6.45, 7) is 1.88. The van der Waals surface area contributed by atoms with E-state index in [0.29, 0.717) is 12.2 Å². The average Bonchev–Trinajstić information content (AvgIpc) is 1.96. The third-order valence-electron chi connectivity index (χ3n) is 2.19. The number of hydrogen-bond donors (Lipinski definition) is 1. The molecule has 0 aliphatic heterocycles. The van der Waals surface area contributed by atoms with Crippen molar-refractivity contribution in [2.45, 2.75) is 32.2 Å². The van der Waals surface area contributed by atoms with Crippen LogP contribution in [0.2, 0.25) is 0 Å². The third-order valence-corrected chi connectivity index (χ3v) is 3.89. The summed E-state index contributed by atoms with van der Waals surface area (Å²) in [4.78, 5) is 0. The first-order valence-electron chi connectivity index (χ1n) is 4.67. The smallest absolute Gasteiger partial charge is 0.153 e. The zero-order valence-corrected chi connectivity index (χ0v) is 8.81. The van der Waals surface area contributed by atoms with Gasteiger partial charge in [-0.05, 0) is 19.3 Å². The minimum absolute atomic E-state index is 0.197. The highest BCUT2D eigenvalue weighted by molar-refractivity contribution is 7.91. The van der Waals surface area contributed by atoms with Crippen LogP contribution in [0.3, 0.4) is 0 Å². The molecule has 0 spiro atoms. The van der Waals surface area contributed by atoms with Crippen molar-refractivity contribution in [1.82, 2.24) is 0 Å². The molecule has 0 heterocycles. The SMILES string of the molecule is CCCS(=O)(=O)CC=C1CC(N)C1. The molecule has 4 heteroatoms. The molecule has 1 fully saturated rings. The summed E-state index contributed by atoms with van der Waals surface area (Å²) in [5.41, 5.74) is 6.78. The maximum atomic E-state index is 11.3. The normalized spacial score (nSPS) is 22.6. The van der Waals surface area contributed by atoms with E-state index in [1.165, 1.54) is 5.57 Å². The van der Waals surface area contributed by atoms with E-state index in [-0.39, 0.29) is 11.8 Å². The second-order valence-corrected chi connectivity index (χ2v) is 5.87. The van der Waals surface area contributed by atoms with Gasteiger partial charge in [-0.1, -0.05) is 18.6 Å². The molecule has 0 radical (unpaired) electrons. The molecule has 0 bridgehead atoms. The average molecular weight is 203 g/mol. The van der Waals surface area contributed by atoms with Crippen LogP contribution in [-0.2, 0) is 9.84 Å². The Morgan fingerprint density at radius 3 is 2.62 bits per heavy atom. The van der Waals surface area contributed by atoms with E-state index in [9.17, 15) is 8.42 Å². The van der Waals surface area contributed by atoms with Crippen molar-refractivity contribution in [2.24, 2.45) is 5.73 Å². The van der Waals surface area contributed by atoms with Gasteiger partial charge in [0.05, 0.1) is 11.5 Å². The number of hydrogen-bond acceptors (Lipinski definition) is 3. The molecule has 1 saturated carbocycles. The van der Waals surface area contributed by atoms with Gasteiger partial charge >= 0.3 is 0 Å². The lowest BCUT2D eigenvalue weighted by molar-refractivity contribution is 0.540. The van der Waals surface area contributed by atoms with E-state index in [0.717, 1.165) is 12.8 Å². The van der Waals surface area contributed by atoms with Crippen molar-refractivity contribution >= 4 is 9.84 Å².